The van der Waals surface area contributed by atoms with Crippen molar-refractivity contribution in [3.63, 3.8) is 0 Å². The molecule has 45 heavy (non-hydrogen) atoms. The monoisotopic (exact) mass is 574 g/mol. The van der Waals surface area contributed by atoms with Gasteiger partial charge in [-0.15, -0.1) is 0 Å². The molecule has 0 spiro atoms. The predicted molar refractivity (Wildman–Crippen MR) is 190 cm³/mol. The van der Waals surface area contributed by atoms with Crippen LogP contribution in [0.1, 0.15) is 25.0 Å². The molecule has 0 saturated carbocycles. The predicted octanol–water partition coefficient (Wildman–Crippen LogP) is 11.3. The van der Waals surface area contributed by atoms with E-state index in [0.29, 0.717) is 0 Å². The molecule has 2 heteroatoms. The minimum Gasteiger partial charge on any atom is -0.309 e. The maximum Gasteiger partial charge on any atom is 0.0626 e. The van der Waals surface area contributed by atoms with Gasteiger partial charge in [-0.25, -0.2) is 0 Å². The molecule has 10 rings (SSSR count). The molecular formula is C43H30N2. The topological polar surface area (TPSA) is 9.86 Å². The van der Waals surface area contributed by atoms with Gasteiger partial charge < -0.3 is 9.13 Å². The minimum absolute atomic E-state index is 0.0941. The molecule has 7 aromatic carbocycles. The van der Waals surface area contributed by atoms with Crippen molar-refractivity contribution in [2.75, 3.05) is 0 Å². The Bertz CT molecular complexity index is 2670. The summed E-state index contributed by atoms with van der Waals surface area (Å²) in [5, 5.41) is 7.79. The molecule has 0 atom stereocenters. The highest BCUT2D eigenvalue weighted by atomic mass is 15.0. The molecule has 0 N–H and O–H groups in total. The van der Waals surface area contributed by atoms with Gasteiger partial charge in [-0.3, -0.25) is 0 Å². The second-order valence-corrected chi connectivity index (χ2v) is 13.0. The summed E-state index contributed by atoms with van der Waals surface area (Å²) in [6.45, 7) is 4.75. The average molecular weight is 575 g/mol. The van der Waals surface area contributed by atoms with Gasteiger partial charge in [0, 0.05) is 43.9 Å². The highest BCUT2D eigenvalue weighted by molar-refractivity contribution is 6.23. The van der Waals surface area contributed by atoms with E-state index in [1.807, 2.05) is 0 Å². The van der Waals surface area contributed by atoms with E-state index in [1.54, 1.807) is 0 Å². The summed E-state index contributed by atoms with van der Waals surface area (Å²) in [6, 6.07) is 53.8. The molecule has 0 amide bonds. The van der Waals surface area contributed by atoms with Crippen LogP contribution in [0.5, 0.6) is 0 Å². The summed E-state index contributed by atoms with van der Waals surface area (Å²) in [4.78, 5) is 0. The lowest BCUT2D eigenvalue weighted by atomic mass is 9.68. The number of nitrogens with zero attached hydrogens (tertiary/aromatic N) is 2. The lowest BCUT2D eigenvalue weighted by Gasteiger charge is -2.35. The van der Waals surface area contributed by atoms with E-state index < -0.39 is 0 Å². The van der Waals surface area contributed by atoms with E-state index in [1.165, 1.54) is 88.0 Å². The third kappa shape index (κ3) is 3.18. The van der Waals surface area contributed by atoms with E-state index in [0.717, 1.165) is 0 Å². The van der Waals surface area contributed by atoms with Gasteiger partial charge in [0.1, 0.15) is 0 Å². The summed E-state index contributed by atoms with van der Waals surface area (Å²) < 4.78 is 4.94. The lowest BCUT2D eigenvalue weighted by molar-refractivity contribution is 0.645. The third-order valence-electron chi connectivity index (χ3n) is 10.3. The lowest BCUT2D eigenvalue weighted by Crippen LogP contribution is -2.23. The number of hydrogen-bond acceptors (Lipinski definition) is 0. The number of benzene rings is 7. The number of fused-ring (bicyclic) bond motifs is 9. The molecule has 1 aliphatic carbocycles. The van der Waals surface area contributed by atoms with Gasteiger partial charge in [-0.2, -0.15) is 0 Å². The van der Waals surface area contributed by atoms with Crippen molar-refractivity contribution in [2.24, 2.45) is 0 Å². The van der Waals surface area contributed by atoms with Crippen LogP contribution in [0.2, 0.25) is 0 Å². The highest BCUT2D eigenvalue weighted by Crippen LogP contribution is 2.52. The van der Waals surface area contributed by atoms with Crippen LogP contribution in [-0.2, 0) is 5.41 Å². The van der Waals surface area contributed by atoms with Crippen LogP contribution in [0, 0.1) is 0 Å². The van der Waals surface area contributed by atoms with Gasteiger partial charge in [0.2, 0.25) is 0 Å². The Morgan fingerprint density at radius 3 is 1.91 bits per heavy atom. The Morgan fingerprint density at radius 2 is 1.09 bits per heavy atom. The second kappa shape index (κ2) is 8.74. The summed E-state index contributed by atoms with van der Waals surface area (Å²) >= 11 is 0. The number of rotatable bonds is 2. The van der Waals surface area contributed by atoms with Crippen LogP contribution >= 0.6 is 0 Å². The molecule has 212 valence electrons. The molecule has 0 aliphatic heterocycles. The van der Waals surface area contributed by atoms with E-state index in [9.17, 15) is 0 Å². The molecule has 9 aromatic rings. The van der Waals surface area contributed by atoms with E-state index in [-0.39, 0.29) is 5.41 Å². The van der Waals surface area contributed by atoms with Crippen LogP contribution in [0.4, 0.5) is 0 Å². The Kier molecular flexibility index (Phi) is 4.82. The number of para-hydroxylation sites is 3. The molecule has 2 heterocycles. The fourth-order valence-electron chi connectivity index (χ4n) is 8.30. The van der Waals surface area contributed by atoms with Crippen molar-refractivity contribution in [3.8, 4) is 22.5 Å². The normalized spacial score (nSPS) is 13.7. The van der Waals surface area contributed by atoms with Gasteiger partial charge in [-0.1, -0.05) is 117 Å². The van der Waals surface area contributed by atoms with Gasteiger partial charge in [0.15, 0.2) is 0 Å². The van der Waals surface area contributed by atoms with Gasteiger partial charge in [0.25, 0.3) is 0 Å². The Labute approximate surface area is 261 Å². The van der Waals surface area contributed by atoms with Crippen molar-refractivity contribution >= 4 is 54.4 Å². The maximum absolute atomic E-state index is 2.53. The smallest absolute Gasteiger partial charge is 0.0626 e. The fourth-order valence-corrected chi connectivity index (χ4v) is 8.30. The van der Waals surface area contributed by atoms with Gasteiger partial charge >= 0.3 is 0 Å². The van der Waals surface area contributed by atoms with Gasteiger partial charge in [-0.05, 0) is 69.9 Å². The Morgan fingerprint density at radius 1 is 0.444 bits per heavy atom. The van der Waals surface area contributed by atoms with Crippen molar-refractivity contribution in [3.05, 3.63) is 157 Å². The first-order valence-electron chi connectivity index (χ1n) is 15.8. The molecule has 0 saturated heterocycles. The molecule has 0 unspecified atom stereocenters. The number of hydrogen-bond donors (Lipinski definition) is 0. The SMILES string of the molecule is CC1(C)c2ccccc2-c2c3c1cccc3cc1c3ccccc3n(-c3ccc4c5ccccc5n(-c5ccccc5)c4c3)c21. The summed E-state index contributed by atoms with van der Waals surface area (Å²) in [7, 11) is 0. The molecule has 0 radical (unpaired) electrons. The van der Waals surface area contributed by atoms with Crippen LogP contribution in [0.3, 0.4) is 0 Å². The molecule has 2 nitrogen and oxygen atoms in total. The summed E-state index contributed by atoms with van der Waals surface area (Å²) in [5.41, 5.74) is 12.6. The van der Waals surface area contributed by atoms with Gasteiger partial charge in [0.05, 0.1) is 22.1 Å². The summed E-state index contributed by atoms with van der Waals surface area (Å²) in [5.74, 6) is 0. The zero-order valence-corrected chi connectivity index (χ0v) is 25.3. The van der Waals surface area contributed by atoms with Crippen LogP contribution < -0.4 is 0 Å². The molecule has 2 aromatic heterocycles. The van der Waals surface area contributed by atoms with Crippen molar-refractivity contribution in [1.29, 1.82) is 0 Å². The van der Waals surface area contributed by atoms with Crippen LogP contribution in [0.25, 0.3) is 76.9 Å². The van der Waals surface area contributed by atoms with E-state index >= 15 is 0 Å². The highest BCUT2D eigenvalue weighted by Gasteiger charge is 2.35. The summed E-state index contributed by atoms with van der Waals surface area (Å²) in [6.07, 6.45) is 0. The van der Waals surface area contributed by atoms with Crippen molar-refractivity contribution < 1.29 is 0 Å². The van der Waals surface area contributed by atoms with E-state index in [4.69, 9.17) is 0 Å². The van der Waals surface area contributed by atoms with E-state index in [2.05, 4.69) is 169 Å². The molecule has 0 bridgehead atoms. The fraction of sp³-hybridized carbons (Fsp3) is 0.0698. The van der Waals surface area contributed by atoms with Crippen molar-refractivity contribution in [2.45, 2.75) is 19.3 Å². The molecule has 0 fully saturated rings. The second-order valence-electron chi connectivity index (χ2n) is 13.0. The van der Waals surface area contributed by atoms with Crippen molar-refractivity contribution in [1.82, 2.24) is 9.13 Å². The van der Waals surface area contributed by atoms with Crippen LogP contribution in [-0.4, -0.2) is 9.13 Å². The number of aromatic nitrogens is 2. The third-order valence-corrected chi connectivity index (χ3v) is 10.3. The van der Waals surface area contributed by atoms with Crippen LogP contribution in [0.15, 0.2) is 146 Å². The average Bonchev–Trinajstić information content (AvgIpc) is 3.59. The quantitative estimate of drug-likeness (QED) is 0.194. The standard InChI is InChI=1S/C43H30N2/c1-43(2)35-19-9-6-18-33(35)41-40-27(13-12-20-36(40)43)25-34-31-17-8-11-22-38(31)45(42(34)41)29-23-24-32-30-16-7-10-21-37(30)44(39(32)26-29)28-14-4-3-5-15-28/h3-26H,1-2H3. The largest absolute Gasteiger partial charge is 0.309 e. The zero-order valence-electron chi connectivity index (χ0n) is 25.3. The maximum atomic E-state index is 2.53. The first kappa shape index (κ1) is 24.8. The zero-order chi connectivity index (χ0) is 29.9. The Hall–Kier alpha value is -5.60. The first-order chi connectivity index (χ1) is 22.1. The Balaban J connectivity index is 1.40. The molecular weight excluding hydrogens is 544 g/mol. The molecule has 1 aliphatic rings. The first-order valence-corrected chi connectivity index (χ1v) is 15.8. The minimum atomic E-state index is -0.0941.